The second-order valence-corrected chi connectivity index (χ2v) is 5.88. The molecular formula is C21H22N2O3. The summed E-state index contributed by atoms with van der Waals surface area (Å²) in [5.41, 5.74) is 2.88. The molecule has 5 nitrogen and oxygen atoms in total. The molecule has 1 aromatic carbocycles. The molecule has 0 unspecified atom stereocenters. The SMILES string of the molecule is CCOc1ccccc1CCC(=O)NCc1cncc(-c2ccco2)c1. The van der Waals surface area contributed by atoms with Gasteiger partial charge in [-0.1, -0.05) is 18.2 Å². The monoisotopic (exact) mass is 350 g/mol. The summed E-state index contributed by atoms with van der Waals surface area (Å²) >= 11 is 0. The van der Waals surface area contributed by atoms with Crippen molar-refractivity contribution in [2.75, 3.05) is 6.61 Å². The van der Waals surface area contributed by atoms with Gasteiger partial charge >= 0.3 is 0 Å². The molecule has 3 aromatic rings. The van der Waals surface area contributed by atoms with Gasteiger partial charge in [-0.15, -0.1) is 0 Å². The predicted molar refractivity (Wildman–Crippen MR) is 99.7 cm³/mol. The standard InChI is InChI=1S/C21H22N2O3/c1-2-25-19-7-4-3-6-17(19)9-10-21(24)23-14-16-12-18(15-22-13-16)20-8-5-11-26-20/h3-8,11-13,15H,2,9-10,14H2,1H3,(H,23,24). The molecule has 0 saturated carbocycles. The van der Waals surface area contributed by atoms with Crippen molar-refractivity contribution in [2.24, 2.45) is 0 Å². The van der Waals surface area contributed by atoms with Crippen molar-refractivity contribution in [3.63, 3.8) is 0 Å². The molecule has 2 heterocycles. The summed E-state index contributed by atoms with van der Waals surface area (Å²) in [6.07, 6.45) is 6.18. The first-order chi connectivity index (χ1) is 12.8. The van der Waals surface area contributed by atoms with Crippen LogP contribution in [0.5, 0.6) is 5.75 Å². The Labute approximate surface area is 153 Å². The fraction of sp³-hybridized carbons (Fsp3) is 0.238. The van der Waals surface area contributed by atoms with E-state index in [0.717, 1.165) is 28.2 Å². The van der Waals surface area contributed by atoms with Crippen molar-refractivity contribution in [3.05, 3.63) is 72.2 Å². The van der Waals surface area contributed by atoms with Crippen LogP contribution in [-0.4, -0.2) is 17.5 Å². The number of aryl methyl sites for hydroxylation is 1. The molecule has 0 fully saturated rings. The van der Waals surface area contributed by atoms with Crippen LogP contribution < -0.4 is 10.1 Å². The zero-order valence-electron chi connectivity index (χ0n) is 14.8. The maximum atomic E-state index is 12.2. The van der Waals surface area contributed by atoms with Crippen LogP contribution in [-0.2, 0) is 17.8 Å². The van der Waals surface area contributed by atoms with E-state index < -0.39 is 0 Å². The number of furan rings is 1. The Bertz CT molecular complexity index is 844. The quantitative estimate of drug-likeness (QED) is 0.667. The second-order valence-electron chi connectivity index (χ2n) is 5.88. The molecule has 134 valence electrons. The highest BCUT2D eigenvalue weighted by atomic mass is 16.5. The lowest BCUT2D eigenvalue weighted by Gasteiger charge is -2.10. The number of amides is 1. The highest BCUT2D eigenvalue weighted by molar-refractivity contribution is 5.76. The van der Waals surface area contributed by atoms with Crippen LogP contribution in [0.15, 0.2) is 65.5 Å². The number of hydrogen-bond acceptors (Lipinski definition) is 4. The summed E-state index contributed by atoms with van der Waals surface area (Å²) in [6, 6.07) is 13.5. The summed E-state index contributed by atoms with van der Waals surface area (Å²) in [7, 11) is 0. The van der Waals surface area contributed by atoms with Crippen LogP contribution in [0.25, 0.3) is 11.3 Å². The number of para-hydroxylation sites is 1. The lowest BCUT2D eigenvalue weighted by molar-refractivity contribution is -0.121. The van der Waals surface area contributed by atoms with Crippen LogP contribution in [0.1, 0.15) is 24.5 Å². The first kappa shape index (κ1) is 17.7. The molecule has 0 aliphatic heterocycles. The molecule has 2 aromatic heterocycles. The van der Waals surface area contributed by atoms with Crippen molar-refractivity contribution >= 4 is 5.91 Å². The summed E-state index contributed by atoms with van der Waals surface area (Å²) in [5, 5.41) is 2.94. The normalized spacial score (nSPS) is 10.5. The fourth-order valence-corrected chi connectivity index (χ4v) is 2.71. The Kier molecular flexibility index (Phi) is 6.04. The zero-order valence-corrected chi connectivity index (χ0v) is 14.8. The minimum absolute atomic E-state index is 0.000275. The molecule has 26 heavy (non-hydrogen) atoms. The molecular weight excluding hydrogens is 328 g/mol. The second kappa shape index (κ2) is 8.85. The molecule has 1 N–H and O–H groups in total. The van der Waals surface area contributed by atoms with E-state index in [4.69, 9.17) is 9.15 Å². The van der Waals surface area contributed by atoms with E-state index in [1.165, 1.54) is 0 Å². The van der Waals surface area contributed by atoms with Gasteiger partial charge in [0.1, 0.15) is 11.5 Å². The highest BCUT2D eigenvalue weighted by Gasteiger charge is 2.08. The van der Waals surface area contributed by atoms with Gasteiger partial charge in [0.2, 0.25) is 5.91 Å². The molecule has 0 spiro atoms. The Hall–Kier alpha value is -3.08. The third kappa shape index (κ3) is 4.72. The van der Waals surface area contributed by atoms with Crippen molar-refractivity contribution in [1.29, 1.82) is 0 Å². The topological polar surface area (TPSA) is 64.4 Å². The van der Waals surface area contributed by atoms with E-state index >= 15 is 0 Å². The summed E-state index contributed by atoms with van der Waals surface area (Å²) in [4.78, 5) is 16.4. The van der Waals surface area contributed by atoms with Crippen molar-refractivity contribution in [3.8, 4) is 17.1 Å². The lowest BCUT2D eigenvalue weighted by Crippen LogP contribution is -2.23. The number of carbonyl (C=O) groups excluding carboxylic acids is 1. The highest BCUT2D eigenvalue weighted by Crippen LogP contribution is 2.20. The summed E-state index contributed by atoms with van der Waals surface area (Å²) < 4.78 is 11.0. The number of aromatic nitrogens is 1. The Morgan fingerprint density at radius 3 is 2.88 bits per heavy atom. The summed E-state index contributed by atoms with van der Waals surface area (Å²) in [5.74, 6) is 1.61. The largest absolute Gasteiger partial charge is 0.494 e. The molecule has 0 saturated heterocycles. The van der Waals surface area contributed by atoms with Crippen LogP contribution in [0.3, 0.4) is 0 Å². The Morgan fingerprint density at radius 1 is 1.19 bits per heavy atom. The van der Waals surface area contributed by atoms with Gasteiger partial charge in [-0.2, -0.15) is 0 Å². The molecule has 0 aliphatic rings. The van der Waals surface area contributed by atoms with E-state index in [2.05, 4.69) is 10.3 Å². The molecule has 0 bridgehead atoms. The molecule has 5 heteroatoms. The van der Waals surface area contributed by atoms with E-state index in [1.54, 1.807) is 18.7 Å². The number of pyridine rings is 1. The number of nitrogens with one attached hydrogen (secondary N) is 1. The average Bonchev–Trinajstić information content (AvgIpc) is 3.21. The predicted octanol–water partition coefficient (Wildman–Crippen LogP) is 3.99. The van der Waals surface area contributed by atoms with Gasteiger partial charge in [-0.25, -0.2) is 0 Å². The minimum Gasteiger partial charge on any atom is -0.494 e. The number of ether oxygens (including phenoxy) is 1. The third-order valence-electron chi connectivity index (χ3n) is 3.98. The van der Waals surface area contributed by atoms with Gasteiger partial charge in [0.05, 0.1) is 12.9 Å². The Balaban J connectivity index is 1.53. The molecule has 0 aliphatic carbocycles. The van der Waals surface area contributed by atoms with Crippen molar-refractivity contribution in [2.45, 2.75) is 26.3 Å². The van der Waals surface area contributed by atoms with Crippen LogP contribution >= 0.6 is 0 Å². The van der Waals surface area contributed by atoms with Gasteiger partial charge in [0.25, 0.3) is 0 Å². The maximum Gasteiger partial charge on any atom is 0.220 e. The van der Waals surface area contributed by atoms with Crippen LogP contribution in [0.2, 0.25) is 0 Å². The average molecular weight is 350 g/mol. The van der Waals surface area contributed by atoms with Crippen molar-refractivity contribution in [1.82, 2.24) is 10.3 Å². The number of benzene rings is 1. The van der Waals surface area contributed by atoms with Gasteiger partial charge < -0.3 is 14.5 Å². The first-order valence-corrected chi connectivity index (χ1v) is 8.71. The number of nitrogens with zero attached hydrogens (tertiary/aromatic N) is 1. The van der Waals surface area contributed by atoms with E-state index in [9.17, 15) is 4.79 Å². The smallest absolute Gasteiger partial charge is 0.220 e. The summed E-state index contributed by atoms with van der Waals surface area (Å²) in [6.45, 7) is 3.00. The molecule has 3 rings (SSSR count). The van der Waals surface area contributed by atoms with E-state index in [0.29, 0.717) is 26.0 Å². The third-order valence-corrected chi connectivity index (χ3v) is 3.98. The fourth-order valence-electron chi connectivity index (χ4n) is 2.71. The van der Waals surface area contributed by atoms with Crippen LogP contribution in [0.4, 0.5) is 0 Å². The molecule has 0 atom stereocenters. The number of rotatable bonds is 8. The molecule has 1 amide bonds. The van der Waals surface area contributed by atoms with Gasteiger partial charge in [-0.3, -0.25) is 9.78 Å². The minimum atomic E-state index is -0.000275. The molecule has 0 radical (unpaired) electrons. The van der Waals surface area contributed by atoms with E-state index in [1.807, 2.05) is 49.4 Å². The first-order valence-electron chi connectivity index (χ1n) is 8.71. The van der Waals surface area contributed by atoms with E-state index in [-0.39, 0.29) is 5.91 Å². The van der Waals surface area contributed by atoms with Crippen LogP contribution in [0, 0.1) is 0 Å². The zero-order chi connectivity index (χ0) is 18.2. The lowest BCUT2D eigenvalue weighted by atomic mass is 10.1. The Morgan fingerprint density at radius 2 is 2.08 bits per heavy atom. The van der Waals surface area contributed by atoms with Gasteiger partial charge in [0.15, 0.2) is 0 Å². The maximum absolute atomic E-state index is 12.2. The van der Waals surface area contributed by atoms with Gasteiger partial charge in [-0.05, 0) is 48.7 Å². The number of hydrogen-bond donors (Lipinski definition) is 1. The van der Waals surface area contributed by atoms with Crippen molar-refractivity contribution < 1.29 is 13.9 Å². The number of carbonyl (C=O) groups is 1. The van der Waals surface area contributed by atoms with Gasteiger partial charge in [0, 0.05) is 30.9 Å².